The molecule has 0 fully saturated rings. The van der Waals surface area contributed by atoms with Crippen LogP contribution in [0.4, 0.5) is 5.82 Å². The van der Waals surface area contributed by atoms with Crippen LogP contribution in [0.25, 0.3) is 22.6 Å². The molecule has 5 nitrogen and oxygen atoms in total. The van der Waals surface area contributed by atoms with Gasteiger partial charge in [0.05, 0.1) is 19.0 Å². The van der Waals surface area contributed by atoms with Gasteiger partial charge in [-0.2, -0.15) is 0 Å². The topological polar surface area (TPSA) is 73.9 Å². The lowest BCUT2D eigenvalue weighted by Crippen LogP contribution is -1.98. The molecule has 0 radical (unpaired) electrons. The molecule has 1 aromatic carbocycles. The summed E-state index contributed by atoms with van der Waals surface area (Å²) in [5.74, 6) is 1.68. The second-order valence-corrected chi connectivity index (χ2v) is 4.48. The molecule has 0 bridgehead atoms. The number of rotatable bonds is 3. The number of aromatic nitrogens is 3. The van der Waals surface area contributed by atoms with Crippen LogP contribution in [0.3, 0.4) is 0 Å². The normalized spacial score (nSPS) is 10.3. The highest BCUT2D eigenvalue weighted by molar-refractivity contribution is 5.67. The van der Waals surface area contributed by atoms with Gasteiger partial charge in [-0.05, 0) is 6.07 Å². The Labute approximate surface area is 122 Å². The largest absolute Gasteiger partial charge is 0.495 e. The van der Waals surface area contributed by atoms with Gasteiger partial charge in [0, 0.05) is 23.4 Å². The van der Waals surface area contributed by atoms with Gasteiger partial charge in [-0.3, -0.25) is 4.98 Å². The van der Waals surface area contributed by atoms with E-state index in [-0.39, 0.29) is 0 Å². The second kappa shape index (κ2) is 5.58. The standard InChI is InChI=1S/C16H14N4O/c1-21-13-7-12(9-18-10-13)14-8-15(17)20-16(19-14)11-5-3-2-4-6-11/h2-10H,1H3,(H2,17,19,20). The number of nitrogens with zero attached hydrogens (tertiary/aromatic N) is 3. The van der Waals surface area contributed by atoms with E-state index in [2.05, 4.69) is 15.0 Å². The van der Waals surface area contributed by atoms with Gasteiger partial charge in [-0.15, -0.1) is 0 Å². The highest BCUT2D eigenvalue weighted by atomic mass is 16.5. The van der Waals surface area contributed by atoms with Crippen LogP contribution >= 0.6 is 0 Å². The number of methoxy groups -OCH3 is 1. The number of hydrogen-bond acceptors (Lipinski definition) is 5. The van der Waals surface area contributed by atoms with Gasteiger partial charge in [-0.25, -0.2) is 9.97 Å². The van der Waals surface area contributed by atoms with Crippen molar-refractivity contribution in [1.29, 1.82) is 0 Å². The minimum absolute atomic E-state index is 0.418. The number of benzene rings is 1. The lowest BCUT2D eigenvalue weighted by molar-refractivity contribution is 0.413. The maximum Gasteiger partial charge on any atom is 0.162 e. The van der Waals surface area contributed by atoms with E-state index in [0.717, 1.165) is 11.1 Å². The van der Waals surface area contributed by atoms with E-state index in [1.54, 1.807) is 25.6 Å². The van der Waals surface area contributed by atoms with Gasteiger partial charge in [0.25, 0.3) is 0 Å². The zero-order valence-electron chi connectivity index (χ0n) is 11.5. The molecule has 3 rings (SSSR count). The summed E-state index contributed by atoms with van der Waals surface area (Å²) in [4.78, 5) is 13.0. The van der Waals surface area contributed by atoms with E-state index in [4.69, 9.17) is 10.5 Å². The third-order valence-electron chi connectivity index (χ3n) is 3.02. The molecule has 2 N–H and O–H groups in total. The maximum atomic E-state index is 5.90. The molecular formula is C16H14N4O. The first-order chi connectivity index (χ1) is 10.3. The predicted molar refractivity (Wildman–Crippen MR) is 81.7 cm³/mol. The molecule has 3 aromatic rings. The summed E-state index contributed by atoms with van der Waals surface area (Å²) >= 11 is 0. The van der Waals surface area contributed by atoms with E-state index in [9.17, 15) is 0 Å². The number of nitrogens with two attached hydrogens (primary N) is 1. The summed E-state index contributed by atoms with van der Waals surface area (Å²) in [6.45, 7) is 0. The number of pyridine rings is 1. The van der Waals surface area contributed by atoms with E-state index in [1.165, 1.54) is 0 Å². The van der Waals surface area contributed by atoms with Crippen LogP contribution in [-0.4, -0.2) is 22.1 Å². The fourth-order valence-corrected chi connectivity index (χ4v) is 2.00. The first-order valence-corrected chi connectivity index (χ1v) is 6.45. The molecule has 2 heterocycles. The average molecular weight is 278 g/mol. The molecule has 104 valence electrons. The lowest BCUT2D eigenvalue weighted by Gasteiger charge is -2.07. The summed E-state index contributed by atoms with van der Waals surface area (Å²) < 4.78 is 5.18. The SMILES string of the molecule is COc1cncc(-c2cc(N)nc(-c3ccccc3)n2)c1. The Morgan fingerprint density at radius 3 is 2.52 bits per heavy atom. The molecule has 0 spiro atoms. The Hall–Kier alpha value is -2.95. The number of anilines is 1. The Morgan fingerprint density at radius 1 is 0.952 bits per heavy atom. The first kappa shape index (κ1) is 13.1. The number of nitrogen functional groups attached to an aromatic ring is 1. The van der Waals surface area contributed by atoms with Crippen molar-refractivity contribution in [3.63, 3.8) is 0 Å². The van der Waals surface area contributed by atoms with Crippen molar-refractivity contribution in [1.82, 2.24) is 15.0 Å². The van der Waals surface area contributed by atoms with Crippen LogP contribution in [-0.2, 0) is 0 Å². The number of ether oxygens (including phenoxy) is 1. The minimum atomic E-state index is 0.418. The fraction of sp³-hybridized carbons (Fsp3) is 0.0625. The van der Waals surface area contributed by atoms with Crippen molar-refractivity contribution in [2.75, 3.05) is 12.8 Å². The van der Waals surface area contributed by atoms with E-state index < -0.39 is 0 Å². The van der Waals surface area contributed by atoms with Crippen molar-refractivity contribution < 1.29 is 4.74 Å². The van der Waals surface area contributed by atoms with Gasteiger partial charge >= 0.3 is 0 Å². The highest BCUT2D eigenvalue weighted by Crippen LogP contribution is 2.24. The third-order valence-corrected chi connectivity index (χ3v) is 3.02. The zero-order chi connectivity index (χ0) is 14.7. The van der Waals surface area contributed by atoms with Gasteiger partial charge in [0.1, 0.15) is 11.6 Å². The van der Waals surface area contributed by atoms with Gasteiger partial charge < -0.3 is 10.5 Å². The molecule has 0 aliphatic rings. The van der Waals surface area contributed by atoms with Crippen LogP contribution in [0.2, 0.25) is 0 Å². The van der Waals surface area contributed by atoms with Crippen molar-refractivity contribution >= 4 is 5.82 Å². The fourth-order valence-electron chi connectivity index (χ4n) is 2.00. The van der Waals surface area contributed by atoms with Gasteiger partial charge in [0.2, 0.25) is 0 Å². The van der Waals surface area contributed by atoms with Crippen molar-refractivity contribution in [3.8, 4) is 28.4 Å². The van der Waals surface area contributed by atoms with E-state index >= 15 is 0 Å². The highest BCUT2D eigenvalue weighted by Gasteiger charge is 2.08. The molecule has 0 aliphatic heterocycles. The Kier molecular flexibility index (Phi) is 3.47. The van der Waals surface area contributed by atoms with Crippen LogP contribution in [0.15, 0.2) is 54.9 Å². The average Bonchev–Trinajstić information content (AvgIpc) is 2.55. The molecule has 5 heteroatoms. The third kappa shape index (κ3) is 2.81. The molecule has 0 unspecified atom stereocenters. The van der Waals surface area contributed by atoms with E-state index in [0.29, 0.717) is 23.1 Å². The van der Waals surface area contributed by atoms with Crippen molar-refractivity contribution in [3.05, 3.63) is 54.9 Å². The predicted octanol–water partition coefficient (Wildman–Crippen LogP) is 2.80. The van der Waals surface area contributed by atoms with Gasteiger partial charge in [0.15, 0.2) is 5.82 Å². The zero-order valence-corrected chi connectivity index (χ0v) is 11.5. The lowest BCUT2D eigenvalue weighted by atomic mass is 10.1. The molecule has 0 saturated heterocycles. The van der Waals surface area contributed by atoms with E-state index in [1.807, 2.05) is 36.4 Å². The smallest absolute Gasteiger partial charge is 0.162 e. The Morgan fingerprint density at radius 2 is 1.76 bits per heavy atom. The number of hydrogen-bond donors (Lipinski definition) is 1. The molecule has 0 amide bonds. The molecule has 0 saturated carbocycles. The Bertz CT molecular complexity index is 759. The summed E-state index contributed by atoms with van der Waals surface area (Å²) in [6, 6.07) is 13.3. The van der Waals surface area contributed by atoms with Gasteiger partial charge in [-0.1, -0.05) is 30.3 Å². The summed E-state index contributed by atoms with van der Waals surface area (Å²) in [6.07, 6.45) is 3.37. The summed E-state index contributed by atoms with van der Waals surface area (Å²) in [5.41, 5.74) is 8.37. The monoisotopic (exact) mass is 278 g/mol. The summed E-state index contributed by atoms with van der Waals surface area (Å²) in [7, 11) is 1.60. The molecule has 2 aromatic heterocycles. The quantitative estimate of drug-likeness (QED) is 0.797. The molecule has 0 atom stereocenters. The van der Waals surface area contributed by atoms with Crippen molar-refractivity contribution in [2.45, 2.75) is 0 Å². The Balaban J connectivity index is 2.09. The minimum Gasteiger partial charge on any atom is -0.495 e. The maximum absolute atomic E-state index is 5.90. The molecular weight excluding hydrogens is 264 g/mol. The van der Waals surface area contributed by atoms with Crippen LogP contribution in [0.1, 0.15) is 0 Å². The molecule has 0 aliphatic carbocycles. The summed E-state index contributed by atoms with van der Waals surface area (Å²) in [5, 5.41) is 0. The molecule has 21 heavy (non-hydrogen) atoms. The van der Waals surface area contributed by atoms with Crippen molar-refractivity contribution in [2.24, 2.45) is 0 Å². The van der Waals surface area contributed by atoms with Crippen LogP contribution in [0.5, 0.6) is 5.75 Å². The van der Waals surface area contributed by atoms with Crippen LogP contribution < -0.4 is 10.5 Å². The second-order valence-electron chi connectivity index (χ2n) is 4.48. The first-order valence-electron chi connectivity index (χ1n) is 6.45. The van der Waals surface area contributed by atoms with Crippen LogP contribution in [0, 0.1) is 0 Å².